The van der Waals surface area contributed by atoms with Crippen LogP contribution in [0.4, 0.5) is 18.9 Å². The number of halogens is 3. The van der Waals surface area contributed by atoms with Crippen molar-refractivity contribution in [3.05, 3.63) is 24.0 Å². The first-order chi connectivity index (χ1) is 9.65. The molecule has 0 amide bonds. The van der Waals surface area contributed by atoms with Gasteiger partial charge in [0.25, 0.3) is 0 Å². The van der Waals surface area contributed by atoms with Gasteiger partial charge >= 0.3 is 6.18 Å². The molecule has 0 bridgehead atoms. The lowest BCUT2D eigenvalue weighted by atomic mass is 10.1. The highest BCUT2D eigenvalue weighted by atomic mass is 32.2. The minimum atomic E-state index is -4.48. The molecule has 0 radical (unpaired) electrons. The van der Waals surface area contributed by atoms with Crippen molar-refractivity contribution in [2.24, 2.45) is 11.1 Å². The van der Waals surface area contributed by atoms with Crippen LogP contribution in [0.15, 0.2) is 18.5 Å². The van der Waals surface area contributed by atoms with E-state index < -0.39 is 21.8 Å². The van der Waals surface area contributed by atoms with Crippen molar-refractivity contribution < 1.29 is 21.6 Å². The van der Waals surface area contributed by atoms with Crippen LogP contribution in [0.25, 0.3) is 0 Å². The molecule has 2 atom stereocenters. The van der Waals surface area contributed by atoms with Crippen LogP contribution in [0.3, 0.4) is 0 Å². The summed E-state index contributed by atoms with van der Waals surface area (Å²) < 4.78 is 60.6. The number of hydrogen-bond acceptors (Lipinski definition) is 4. The van der Waals surface area contributed by atoms with Crippen molar-refractivity contribution in [3.8, 4) is 0 Å². The second kappa shape index (κ2) is 5.80. The molecule has 0 aromatic carbocycles. The summed E-state index contributed by atoms with van der Waals surface area (Å²) in [6.45, 7) is 0. The van der Waals surface area contributed by atoms with Crippen LogP contribution in [0.2, 0.25) is 0 Å². The molecule has 21 heavy (non-hydrogen) atoms. The Kier molecular flexibility index (Phi) is 4.43. The van der Waals surface area contributed by atoms with Gasteiger partial charge in [0.2, 0.25) is 10.0 Å². The zero-order valence-electron chi connectivity index (χ0n) is 11.1. The third kappa shape index (κ3) is 4.57. The fraction of sp³-hybridized carbons (Fsp3) is 0.583. The van der Waals surface area contributed by atoms with Crippen LogP contribution in [0.1, 0.15) is 24.8 Å². The predicted octanol–water partition coefficient (Wildman–Crippen LogP) is 1.97. The molecule has 1 aliphatic carbocycles. The quantitative estimate of drug-likeness (QED) is 0.887. The number of alkyl halides is 3. The van der Waals surface area contributed by atoms with Crippen LogP contribution in [-0.2, 0) is 16.2 Å². The molecule has 0 aliphatic heterocycles. The molecule has 1 saturated carbocycles. The maximum absolute atomic E-state index is 12.8. The number of sulfonamides is 1. The minimum absolute atomic E-state index is 0.0289. The summed E-state index contributed by atoms with van der Waals surface area (Å²) in [5, 5.41) is 7.83. The second-order valence-electron chi connectivity index (χ2n) is 5.27. The molecule has 1 aliphatic rings. The van der Waals surface area contributed by atoms with E-state index in [0.717, 1.165) is 6.20 Å². The number of primary sulfonamides is 1. The van der Waals surface area contributed by atoms with E-state index in [-0.39, 0.29) is 23.4 Å². The van der Waals surface area contributed by atoms with E-state index in [0.29, 0.717) is 19.3 Å². The molecule has 1 fully saturated rings. The molecule has 118 valence electrons. The SMILES string of the molecule is NS(=O)(=O)C[C@@H]1CC[C@H](Nc2ccncc2C(F)(F)F)C1. The van der Waals surface area contributed by atoms with E-state index in [4.69, 9.17) is 5.14 Å². The maximum Gasteiger partial charge on any atom is 0.419 e. The third-order valence-electron chi connectivity index (χ3n) is 3.50. The Hall–Kier alpha value is -1.35. The monoisotopic (exact) mass is 323 g/mol. The highest BCUT2D eigenvalue weighted by Crippen LogP contribution is 2.36. The number of nitrogens with zero attached hydrogens (tertiary/aromatic N) is 1. The van der Waals surface area contributed by atoms with E-state index in [9.17, 15) is 21.6 Å². The molecule has 9 heteroatoms. The van der Waals surface area contributed by atoms with Crippen molar-refractivity contribution in [2.45, 2.75) is 31.5 Å². The van der Waals surface area contributed by atoms with Gasteiger partial charge in [-0.2, -0.15) is 13.2 Å². The Morgan fingerprint density at radius 3 is 2.71 bits per heavy atom. The highest BCUT2D eigenvalue weighted by molar-refractivity contribution is 7.89. The molecule has 1 heterocycles. The van der Waals surface area contributed by atoms with Gasteiger partial charge in [-0.3, -0.25) is 4.98 Å². The van der Waals surface area contributed by atoms with E-state index in [2.05, 4.69) is 10.3 Å². The van der Waals surface area contributed by atoms with Crippen LogP contribution < -0.4 is 10.5 Å². The smallest absolute Gasteiger partial charge is 0.382 e. The van der Waals surface area contributed by atoms with Crippen molar-refractivity contribution in [1.82, 2.24) is 4.98 Å². The molecule has 3 N–H and O–H groups in total. The van der Waals surface area contributed by atoms with Gasteiger partial charge in [-0.15, -0.1) is 0 Å². The number of anilines is 1. The van der Waals surface area contributed by atoms with Crippen LogP contribution in [0, 0.1) is 5.92 Å². The number of rotatable bonds is 4. The summed E-state index contributed by atoms with van der Waals surface area (Å²) in [5.74, 6) is -0.248. The normalized spacial score (nSPS) is 23.2. The summed E-state index contributed by atoms with van der Waals surface area (Å²) in [5.41, 5.74) is -0.848. The van der Waals surface area contributed by atoms with Gasteiger partial charge in [-0.05, 0) is 31.2 Å². The Morgan fingerprint density at radius 2 is 2.10 bits per heavy atom. The first kappa shape index (κ1) is 16.0. The summed E-state index contributed by atoms with van der Waals surface area (Å²) >= 11 is 0. The average molecular weight is 323 g/mol. The average Bonchev–Trinajstić information content (AvgIpc) is 2.73. The molecule has 0 unspecified atom stereocenters. The summed E-state index contributed by atoms with van der Waals surface area (Å²) in [6.07, 6.45) is -0.695. The topological polar surface area (TPSA) is 85.1 Å². The zero-order valence-corrected chi connectivity index (χ0v) is 11.9. The molecule has 1 aromatic rings. The Bertz CT molecular complexity index is 604. The van der Waals surface area contributed by atoms with Gasteiger partial charge in [0.05, 0.1) is 11.3 Å². The van der Waals surface area contributed by atoms with Gasteiger partial charge in [-0.1, -0.05) is 0 Å². The Balaban J connectivity index is 2.04. The molecular weight excluding hydrogens is 307 g/mol. The van der Waals surface area contributed by atoms with Gasteiger partial charge in [0.15, 0.2) is 0 Å². The van der Waals surface area contributed by atoms with E-state index in [1.54, 1.807) is 0 Å². The highest BCUT2D eigenvalue weighted by Gasteiger charge is 2.35. The van der Waals surface area contributed by atoms with Crippen LogP contribution in [-0.4, -0.2) is 25.2 Å². The lowest BCUT2D eigenvalue weighted by molar-refractivity contribution is -0.137. The summed E-state index contributed by atoms with van der Waals surface area (Å²) in [4.78, 5) is 3.49. The van der Waals surface area contributed by atoms with Crippen LogP contribution in [0.5, 0.6) is 0 Å². The zero-order chi connectivity index (χ0) is 15.7. The van der Waals surface area contributed by atoms with E-state index in [1.807, 2.05) is 0 Å². The minimum Gasteiger partial charge on any atom is -0.382 e. The molecule has 1 aromatic heterocycles. The molecular formula is C12H16F3N3O2S. The van der Waals surface area contributed by atoms with Gasteiger partial charge in [0, 0.05) is 24.1 Å². The van der Waals surface area contributed by atoms with Gasteiger partial charge < -0.3 is 5.32 Å². The maximum atomic E-state index is 12.8. The first-order valence-electron chi connectivity index (χ1n) is 6.43. The van der Waals surface area contributed by atoms with Gasteiger partial charge in [-0.25, -0.2) is 13.6 Å². The molecule has 0 saturated heterocycles. The Labute approximate surface area is 120 Å². The van der Waals surface area contributed by atoms with Crippen molar-refractivity contribution in [3.63, 3.8) is 0 Å². The number of nitrogens with two attached hydrogens (primary N) is 1. The van der Waals surface area contributed by atoms with Crippen molar-refractivity contribution in [2.75, 3.05) is 11.1 Å². The number of nitrogens with one attached hydrogen (secondary N) is 1. The number of aromatic nitrogens is 1. The lowest BCUT2D eigenvalue weighted by Crippen LogP contribution is -2.23. The van der Waals surface area contributed by atoms with Crippen molar-refractivity contribution in [1.29, 1.82) is 0 Å². The van der Waals surface area contributed by atoms with E-state index >= 15 is 0 Å². The number of hydrogen-bond donors (Lipinski definition) is 2. The third-order valence-corrected chi connectivity index (χ3v) is 4.43. The summed E-state index contributed by atoms with van der Waals surface area (Å²) in [6, 6.07) is 1.08. The predicted molar refractivity (Wildman–Crippen MR) is 72.0 cm³/mol. The molecule has 2 rings (SSSR count). The molecule has 0 spiro atoms. The Morgan fingerprint density at radius 1 is 1.38 bits per heavy atom. The lowest BCUT2D eigenvalue weighted by Gasteiger charge is -2.18. The second-order valence-corrected chi connectivity index (χ2v) is 6.93. The van der Waals surface area contributed by atoms with Crippen LogP contribution >= 0.6 is 0 Å². The molecule has 5 nitrogen and oxygen atoms in total. The fourth-order valence-electron chi connectivity index (χ4n) is 2.65. The largest absolute Gasteiger partial charge is 0.419 e. The summed E-state index contributed by atoms with van der Waals surface area (Å²) in [7, 11) is -3.55. The van der Waals surface area contributed by atoms with Gasteiger partial charge in [0.1, 0.15) is 0 Å². The van der Waals surface area contributed by atoms with Crippen molar-refractivity contribution >= 4 is 15.7 Å². The first-order valence-corrected chi connectivity index (χ1v) is 8.15. The van der Waals surface area contributed by atoms with E-state index in [1.165, 1.54) is 12.3 Å². The fourth-order valence-corrected chi connectivity index (χ4v) is 3.61. The standard InChI is InChI=1S/C12H16F3N3O2S/c13-12(14,15)10-6-17-4-3-11(10)18-9-2-1-8(5-9)7-21(16,19)20/h3-4,6,8-9H,1-2,5,7H2,(H,17,18)(H2,16,19,20)/t8-,9+/m1/s1. The number of pyridine rings is 1.